The van der Waals surface area contributed by atoms with Crippen LogP contribution in [0.15, 0.2) is 24.3 Å². The maximum atomic E-state index is 5.79. The lowest BCUT2D eigenvalue weighted by molar-refractivity contribution is 0.242. The molecule has 112 valence electrons. The average Bonchev–Trinajstić information content (AvgIpc) is 2.89. The number of hydrogen-bond donors (Lipinski definition) is 1. The maximum absolute atomic E-state index is 5.79. The summed E-state index contributed by atoms with van der Waals surface area (Å²) in [7, 11) is 0. The molecule has 0 atom stereocenters. The van der Waals surface area contributed by atoms with Gasteiger partial charge in [-0.25, -0.2) is 0 Å². The predicted molar refractivity (Wildman–Crippen MR) is 84.4 cm³/mol. The summed E-state index contributed by atoms with van der Waals surface area (Å²) in [5.41, 5.74) is 4.82. The number of aromatic amines is 1. The fourth-order valence-electron chi connectivity index (χ4n) is 2.85. The summed E-state index contributed by atoms with van der Waals surface area (Å²) in [6.45, 7) is 9.47. The van der Waals surface area contributed by atoms with Crippen molar-refractivity contribution in [1.82, 2.24) is 15.1 Å². The summed E-state index contributed by atoms with van der Waals surface area (Å²) in [6, 6.07) is 8.23. The van der Waals surface area contributed by atoms with Crippen molar-refractivity contribution in [2.75, 3.05) is 13.1 Å². The summed E-state index contributed by atoms with van der Waals surface area (Å²) in [5, 5.41) is 7.76. The van der Waals surface area contributed by atoms with Gasteiger partial charge in [0.2, 0.25) is 0 Å². The third-order valence-electron chi connectivity index (χ3n) is 3.94. The van der Waals surface area contributed by atoms with Gasteiger partial charge in [0.05, 0.1) is 11.8 Å². The lowest BCUT2D eigenvalue weighted by Gasteiger charge is -2.25. The lowest BCUT2D eigenvalue weighted by atomic mass is 10.0. The molecule has 0 amide bonds. The van der Waals surface area contributed by atoms with E-state index in [9.17, 15) is 0 Å². The second-order valence-corrected chi connectivity index (χ2v) is 5.84. The molecule has 0 unspecified atom stereocenters. The van der Waals surface area contributed by atoms with E-state index in [-0.39, 0.29) is 6.10 Å². The third-order valence-corrected chi connectivity index (χ3v) is 3.94. The second kappa shape index (κ2) is 5.90. The van der Waals surface area contributed by atoms with Crippen molar-refractivity contribution in [1.29, 1.82) is 0 Å². The minimum Gasteiger partial charge on any atom is -0.491 e. The van der Waals surface area contributed by atoms with E-state index in [1.165, 1.54) is 11.3 Å². The number of hydrogen-bond acceptors (Lipinski definition) is 3. The Balaban J connectivity index is 1.93. The molecule has 0 saturated heterocycles. The summed E-state index contributed by atoms with van der Waals surface area (Å²) in [4.78, 5) is 2.45. The van der Waals surface area contributed by atoms with Crippen molar-refractivity contribution in [2.45, 2.75) is 39.8 Å². The first-order valence-electron chi connectivity index (χ1n) is 7.73. The normalized spacial score (nSPS) is 15.2. The van der Waals surface area contributed by atoms with Gasteiger partial charge in [0, 0.05) is 36.3 Å². The standard InChI is InChI=1S/C17H23N3O/c1-4-20-9-8-16-15(11-20)17(19-18-16)13-6-5-7-14(10-13)21-12(2)3/h5-7,10,12H,4,8-9,11H2,1-3H3,(H,18,19). The largest absolute Gasteiger partial charge is 0.491 e. The second-order valence-electron chi connectivity index (χ2n) is 5.84. The van der Waals surface area contributed by atoms with E-state index in [1.54, 1.807) is 0 Å². The van der Waals surface area contributed by atoms with E-state index in [2.05, 4.69) is 34.2 Å². The number of H-pyrrole nitrogens is 1. The molecule has 4 heteroatoms. The quantitative estimate of drug-likeness (QED) is 0.937. The SMILES string of the molecule is CCN1CCc2[nH]nc(-c3cccc(OC(C)C)c3)c2C1. The Morgan fingerprint density at radius 1 is 1.38 bits per heavy atom. The first-order valence-corrected chi connectivity index (χ1v) is 7.73. The first kappa shape index (κ1) is 14.1. The monoisotopic (exact) mass is 285 g/mol. The fraction of sp³-hybridized carbons (Fsp3) is 0.471. The highest BCUT2D eigenvalue weighted by Crippen LogP contribution is 2.30. The van der Waals surface area contributed by atoms with E-state index >= 15 is 0 Å². The molecule has 0 bridgehead atoms. The number of likely N-dealkylation sites (N-methyl/N-ethyl adjacent to an activating group) is 1. The van der Waals surface area contributed by atoms with E-state index in [0.29, 0.717) is 0 Å². The molecular weight excluding hydrogens is 262 g/mol. The molecule has 1 aliphatic rings. The van der Waals surface area contributed by atoms with Gasteiger partial charge in [0.25, 0.3) is 0 Å². The molecule has 21 heavy (non-hydrogen) atoms. The van der Waals surface area contributed by atoms with Gasteiger partial charge in [-0.1, -0.05) is 19.1 Å². The molecule has 1 N–H and O–H groups in total. The molecule has 3 rings (SSSR count). The number of benzene rings is 1. The Morgan fingerprint density at radius 3 is 3.00 bits per heavy atom. The molecule has 2 heterocycles. The summed E-state index contributed by atoms with van der Waals surface area (Å²) >= 11 is 0. The molecule has 2 aromatic rings. The van der Waals surface area contributed by atoms with Crippen LogP contribution in [0.1, 0.15) is 32.0 Å². The summed E-state index contributed by atoms with van der Waals surface area (Å²) < 4.78 is 5.79. The highest BCUT2D eigenvalue weighted by molar-refractivity contribution is 5.65. The third kappa shape index (κ3) is 2.95. The van der Waals surface area contributed by atoms with Crippen LogP contribution >= 0.6 is 0 Å². The van der Waals surface area contributed by atoms with E-state index in [4.69, 9.17) is 4.74 Å². The van der Waals surface area contributed by atoms with E-state index in [0.717, 1.165) is 43.1 Å². The molecule has 1 aromatic carbocycles. The van der Waals surface area contributed by atoms with Gasteiger partial charge in [-0.05, 0) is 32.5 Å². The average molecular weight is 285 g/mol. The molecule has 0 saturated carbocycles. The minimum absolute atomic E-state index is 0.184. The number of nitrogens with one attached hydrogen (secondary N) is 1. The molecule has 0 spiro atoms. The molecule has 0 radical (unpaired) electrons. The van der Waals surface area contributed by atoms with Gasteiger partial charge < -0.3 is 4.74 Å². The molecule has 0 fully saturated rings. The van der Waals surface area contributed by atoms with Crippen LogP contribution in [-0.2, 0) is 13.0 Å². The van der Waals surface area contributed by atoms with Crippen LogP contribution in [0.5, 0.6) is 5.75 Å². The Bertz CT molecular complexity index is 618. The topological polar surface area (TPSA) is 41.2 Å². The highest BCUT2D eigenvalue weighted by Gasteiger charge is 2.21. The van der Waals surface area contributed by atoms with E-state index in [1.807, 2.05) is 26.0 Å². The van der Waals surface area contributed by atoms with Crippen LogP contribution in [0.25, 0.3) is 11.3 Å². The van der Waals surface area contributed by atoms with Crippen LogP contribution in [0, 0.1) is 0 Å². The van der Waals surface area contributed by atoms with Crippen LogP contribution in [0.4, 0.5) is 0 Å². The number of rotatable bonds is 4. The zero-order valence-corrected chi connectivity index (χ0v) is 13.0. The van der Waals surface area contributed by atoms with Crippen molar-refractivity contribution in [2.24, 2.45) is 0 Å². The smallest absolute Gasteiger partial charge is 0.120 e. The Labute approximate surface area is 126 Å². The van der Waals surface area contributed by atoms with Crippen molar-refractivity contribution < 1.29 is 4.74 Å². The minimum atomic E-state index is 0.184. The number of aromatic nitrogens is 2. The van der Waals surface area contributed by atoms with Gasteiger partial charge >= 0.3 is 0 Å². The summed E-state index contributed by atoms with van der Waals surface area (Å²) in [5.74, 6) is 0.905. The van der Waals surface area contributed by atoms with Crippen LogP contribution in [0.3, 0.4) is 0 Å². The Kier molecular flexibility index (Phi) is 3.97. The van der Waals surface area contributed by atoms with Gasteiger partial charge in [-0.2, -0.15) is 5.10 Å². The lowest BCUT2D eigenvalue weighted by Crippen LogP contribution is -2.30. The fourth-order valence-corrected chi connectivity index (χ4v) is 2.85. The van der Waals surface area contributed by atoms with Gasteiger partial charge in [0.15, 0.2) is 0 Å². The van der Waals surface area contributed by atoms with Crippen molar-refractivity contribution in [3.05, 3.63) is 35.5 Å². The van der Waals surface area contributed by atoms with Gasteiger partial charge in [-0.3, -0.25) is 10.00 Å². The molecular formula is C17H23N3O. The van der Waals surface area contributed by atoms with Crippen LogP contribution < -0.4 is 4.74 Å². The highest BCUT2D eigenvalue weighted by atomic mass is 16.5. The zero-order chi connectivity index (χ0) is 14.8. The number of fused-ring (bicyclic) bond motifs is 1. The predicted octanol–water partition coefficient (Wildman–Crippen LogP) is 3.24. The molecule has 4 nitrogen and oxygen atoms in total. The number of nitrogens with zero attached hydrogens (tertiary/aromatic N) is 2. The molecule has 1 aliphatic heterocycles. The van der Waals surface area contributed by atoms with Crippen LogP contribution in [-0.4, -0.2) is 34.3 Å². The molecule has 0 aliphatic carbocycles. The Hall–Kier alpha value is -1.81. The first-order chi connectivity index (χ1) is 10.2. The molecule has 1 aromatic heterocycles. The van der Waals surface area contributed by atoms with E-state index < -0.39 is 0 Å². The van der Waals surface area contributed by atoms with Crippen molar-refractivity contribution >= 4 is 0 Å². The summed E-state index contributed by atoms with van der Waals surface area (Å²) in [6.07, 6.45) is 1.24. The maximum Gasteiger partial charge on any atom is 0.120 e. The Morgan fingerprint density at radius 2 is 2.24 bits per heavy atom. The van der Waals surface area contributed by atoms with Crippen molar-refractivity contribution in [3.63, 3.8) is 0 Å². The van der Waals surface area contributed by atoms with Crippen molar-refractivity contribution in [3.8, 4) is 17.0 Å². The van der Waals surface area contributed by atoms with Crippen LogP contribution in [0.2, 0.25) is 0 Å². The van der Waals surface area contributed by atoms with Gasteiger partial charge in [0.1, 0.15) is 5.75 Å². The zero-order valence-electron chi connectivity index (χ0n) is 13.0. The number of ether oxygens (including phenoxy) is 1. The van der Waals surface area contributed by atoms with Gasteiger partial charge in [-0.15, -0.1) is 0 Å².